The number of hydrogen-bond donors (Lipinski definition) is 2. The highest BCUT2D eigenvalue weighted by Crippen LogP contribution is 2.13. The van der Waals surface area contributed by atoms with Crippen LogP contribution >= 0.6 is 0 Å². The van der Waals surface area contributed by atoms with Crippen LogP contribution in [0.15, 0.2) is 29.3 Å². The van der Waals surface area contributed by atoms with Crippen LogP contribution in [0.4, 0.5) is 0 Å². The van der Waals surface area contributed by atoms with Gasteiger partial charge in [0, 0.05) is 38.8 Å². The van der Waals surface area contributed by atoms with Gasteiger partial charge < -0.3 is 15.5 Å². The van der Waals surface area contributed by atoms with Gasteiger partial charge in [0.15, 0.2) is 5.96 Å². The highest BCUT2D eigenvalue weighted by atomic mass is 15.2. The van der Waals surface area contributed by atoms with Gasteiger partial charge >= 0.3 is 0 Å². The molecular formula is C18H30N4. The molecule has 2 rings (SSSR count). The van der Waals surface area contributed by atoms with Gasteiger partial charge in [0.2, 0.25) is 0 Å². The zero-order chi connectivity index (χ0) is 15.9. The van der Waals surface area contributed by atoms with Crippen molar-refractivity contribution in [3.05, 3.63) is 35.4 Å². The van der Waals surface area contributed by atoms with E-state index in [9.17, 15) is 0 Å². The highest BCUT2D eigenvalue weighted by Gasteiger charge is 2.21. The number of likely N-dealkylation sites (tertiary alicyclic amines) is 1. The van der Waals surface area contributed by atoms with Crippen molar-refractivity contribution in [2.45, 2.75) is 52.2 Å². The third kappa shape index (κ3) is 4.73. The molecule has 1 aliphatic rings. The first-order valence-electron chi connectivity index (χ1n) is 8.36. The molecule has 0 radical (unpaired) electrons. The summed E-state index contributed by atoms with van der Waals surface area (Å²) < 4.78 is 0. The Bertz CT molecular complexity index is 488. The summed E-state index contributed by atoms with van der Waals surface area (Å²) in [4.78, 5) is 6.91. The highest BCUT2D eigenvalue weighted by molar-refractivity contribution is 5.80. The van der Waals surface area contributed by atoms with Gasteiger partial charge in [0.1, 0.15) is 0 Å². The Kier molecular flexibility index (Phi) is 6.25. The number of guanidine groups is 1. The van der Waals surface area contributed by atoms with Crippen molar-refractivity contribution in [2.24, 2.45) is 4.99 Å². The van der Waals surface area contributed by atoms with E-state index in [0.29, 0.717) is 12.1 Å². The second kappa shape index (κ2) is 8.18. The Balaban J connectivity index is 1.80. The van der Waals surface area contributed by atoms with E-state index >= 15 is 0 Å². The molecule has 0 aliphatic carbocycles. The molecule has 1 heterocycles. The number of piperidine rings is 1. The van der Waals surface area contributed by atoms with E-state index in [1.807, 2.05) is 7.05 Å². The Hall–Kier alpha value is -1.55. The largest absolute Gasteiger partial charge is 0.354 e. The Labute approximate surface area is 135 Å². The van der Waals surface area contributed by atoms with E-state index in [1.54, 1.807) is 0 Å². The maximum atomic E-state index is 4.36. The van der Waals surface area contributed by atoms with Gasteiger partial charge in [-0.15, -0.1) is 0 Å². The molecule has 1 aromatic rings. The minimum absolute atomic E-state index is 0.526. The van der Waals surface area contributed by atoms with Crippen LogP contribution in [0.1, 0.15) is 37.8 Å². The molecule has 0 bridgehead atoms. The van der Waals surface area contributed by atoms with Gasteiger partial charge in [-0.25, -0.2) is 0 Å². The summed E-state index contributed by atoms with van der Waals surface area (Å²) in [6.07, 6.45) is 2.37. The summed E-state index contributed by atoms with van der Waals surface area (Å²) in [5, 5.41) is 7.00. The van der Waals surface area contributed by atoms with Crippen molar-refractivity contribution >= 4 is 5.96 Å². The quantitative estimate of drug-likeness (QED) is 0.663. The first-order valence-corrected chi connectivity index (χ1v) is 8.36. The number of aliphatic imine (C=N–C) groups is 1. The van der Waals surface area contributed by atoms with Crippen molar-refractivity contribution in [3.8, 4) is 0 Å². The molecule has 0 saturated carbocycles. The molecule has 122 valence electrons. The van der Waals surface area contributed by atoms with E-state index in [0.717, 1.165) is 12.5 Å². The summed E-state index contributed by atoms with van der Waals surface area (Å²) in [5.41, 5.74) is 2.63. The van der Waals surface area contributed by atoms with Crippen LogP contribution < -0.4 is 10.6 Å². The maximum Gasteiger partial charge on any atom is 0.191 e. The van der Waals surface area contributed by atoms with Crippen LogP contribution in [-0.2, 0) is 6.54 Å². The predicted octanol–water partition coefficient (Wildman–Crippen LogP) is 2.53. The molecule has 1 aliphatic heterocycles. The Morgan fingerprint density at radius 2 is 1.95 bits per heavy atom. The molecule has 22 heavy (non-hydrogen) atoms. The zero-order valence-corrected chi connectivity index (χ0v) is 14.4. The molecule has 2 N–H and O–H groups in total. The third-order valence-electron chi connectivity index (χ3n) is 4.53. The lowest BCUT2D eigenvalue weighted by atomic mass is 10.0. The van der Waals surface area contributed by atoms with Crippen molar-refractivity contribution in [1.29, 1.82) is 0 Å². The van der Waals surface area contributed by atoms with Gasteiger partial charge in [-0.2, -0.15) is 0 Å². The number of nitrogens with zero attached hydrogens (tertiary/aromatic N) is 2. The minimum Gasteiger partial charge on any atom is -0.354 e. The summed E-state index contributed by atoms with van der Waals surface area (Å²) in [7, 11) is 1.84. The zero-order valence-electron chi connectivity index (χ0n) is 14.4. The van der Waals surface area contributed by atoms with Crippen molar-refractivity contribution in [2.75, 3.05) is 20.1 Å². The lowest BCUT2D eigenvalue weighted by Gasteiger charge is -2.35. The minimum atomic E-state index is 0.526. The van der Waals surface area contributed by atoms with Crippen molar-refractivity contribution < 1.29 is 0 Å². The predicted molar refractivity (Wildman–Crippen MR) is 94.2 cm³/mol. The van der Waals surface area contributed by atoms with Gasteiger partial charge in [0.25, 0.3) is 0 Å². The molecule has 1 fully saturated rings. The summed E-state index contributed by atoms with van der Waals surface area (Å²) >= 11 is 0. The molecule has 1 saturated heterocycles. The molecule has 4 nitrogen and oxygen atoms in total. The second-order valence-electron chi connectivity index (χ2n) is 6.40. The molecule has 0 unspecified atom stereocenters. The Morgan fingerprint density at radius 3 is 2.55 bits per heavy atom. The molecule has 0 amide bonds. The number of nitrogens with one attached hydrogen (secondary N) is 2. The molecule has 0 aromatic heterocycles. The summed E-state index contributed by atoms with van der Waals surface area (Å²) in [6.45, 7) is 9.85. The first-order chi connectivity index (χ1) is 10.6. The molecular weight excluding hydrogens is 272 g/mol. The average molecular weight is 302 g/mol. The fourth-order valence-electron chi connectivity index (χ4n) is 2.94. The van der Waals surface area contributed by atoms with Crippen molar-refractivity contribution in [1.82, 2.24) is 15.5 Å². The van der Waals surface area contributed by atoms with Gasteiger partial charge in [-0.05, 0) is 44.7 Å². The second-order valence-corrected chi connectivity index (χ2v) is 6.40. The van der Waals surface area contributed by atoms with Crippen LogP contribution in [0.5, 0.6) is 0 Å². The van der Waals surface area contributed by atoms with E-state index in [1.165, 1.54) is 37.1 Å². The molecule has 1 aromatic carbocycles. The van der Waals surface area contributed by atoms with Gasteiger partial charge in [-0.3, -0.25) is 4.99 Å². The fraction of sp³-hybridized carbons (Fsp3) is 0.611. The topological polar surface area (TPSA) is 39.7 Å². The summed E-state index contributed by atoms with van der Waals surface area (Å²) in [6, 6.07) is 9.65. The monoisotopic (exact) mass is 302 g/mol. The lowest BCUT2D eigenvalue weighted by Crippen LogP contribution is -2.49. The summed E-state index contributed by atoms with van der Waals surface area (Å²) in [5.74, 6) is 0.909. The van der Waals surface area contributed by atoms with Crippen LogP contribution in [0.25, 0.3) is 0 Å². The lowest BCUT2D eigenvalue weighted by molar-refractivity contribution is 0.167. The van der Waals surface area contributed by atoms with Gasteiger partial charge in [-0.1, -0.05) is 24.3 Å². The number of rotatable bonds is 4. The van der Waals surface area contributed by atoms with E-state index in [4.69, 9.17) is 0 Å². The Morgan fingerprint density at radius 1 is 1.27 bits per heavy atom. The smallest absolute Gasteiger partial charge is 0.191 e. The SMILES string of the molecule is CN=C(NCc1ccccc1C)NC1CCN(C(C)C)CC1. The standard InChI is InChI=1S/C18H30N4/c1-14(2)22-11-9-17(10-12-22)21-18(19-4)20-13-16-8-6-5-7-15(16)3/h5-8,14,17H,9-13H2,1-4H3,(H2,19,20,21). The normalized spacial score (nSPS) is 17.8. The number of benzene rings is 1. The first kappa shape index (κ1) is 16.8. The maximum absolute atomic E-state index is 4.36. The number of hydrogen-bond acceptors (Lipinski definition) is 2. The molecule has 0 spiro atoms. The third-order valence-corrected chi connectivity index (χ3v) is 4.53. The van der Waals surface area contributed by atoms with Crippen LogP contribution in [-0.4, -0.2) is 43.1 Å². The van der Waals surface area contributed by atoms with E-state index < -0.39 is 0 Å². The van der Waals surface area contributed by atoms with Gasteiger partial charge in [0.05, 0.1) is 0 Å². The molecule has 4 heteroatoms. The van der Waals surface area contributed by atoms with E-state index in [2.05, 4.69) is 65.6 Å². The molecule has 0 atom stereocenters. The van der Waals surface area contributed by atoms with Crippen LogP contribution in [0.3, 0.4) is 0 Å². The van der Waals surface area contributed by atoms with E-state index in [-0.39, 0.29) is 0 Å². The average Bonchev–Trinajstić information content (AvgIpc) is 2.53. The number of aryl methyl sites for hydroxylation is 1. The van der Waals surface area contributed by atoms with Crippen LogP contribution in [0, 0.1) is 6.92 Å². The van der Waals surface area contributed by atoms with Crippen LogP contribution in [0.2, 0.25) is 0 Å². The fourth-order valence-corrected chi connectivity index (χ4v) is 2.94. The van der Waals surface area contributed by atoms with Crippen molar-refractivity contribution in [3.63, 3.8) is 0 Å².